The highest BCUT2D eigenvalue weighted by molar-refractivity contribution is 9.10. The van der Waals surface area contributed by atoms with E-state index in [4.69, 9.17) is 4.42 Å². The Balaban J connectivity index is 1.31. The summed E-state index contributed by atoms with van der Waals surface area (Å²) in [4.78, 5) is 42.1. The van der Waals surface area contributed by atoms with E-state index < -0.39 is 17.8 Å². The molecule has 3 aliphatic rings. The Kier molecular flexibility index (Phi) is 5.35. The number of halogens is 1. The van der Waals surface area contributed by atoms with Crippen LogP contribution >= 0.6 is 15.9 Å². The lowest BCUT2D eigenvalue weighted by Gasteiger charge is -2.26. The van der Waals surface area contributed by atoms with Crippen molar-refractivity contribution in [3.05, 3.63) is 34.6 Å². The summed E-state index contributed by atoms with van der Waals surface area (Å²) in [5.74, 6) is -0.659. The third-order valence-electron chi connectivity index (χ3n) is 6.07. The first-order chi connectivity index (χ1) is 15.0. The summed E-state index contributed by atoms with van der Waals surface area (Å²) in [5.41, 5.74) is 0.793. The van der Waals surface area contributed by atoms with E-state index in [0.29, 0.717) is 18.3 Å². The Hall–Kier alpha value is -2.59. The Morgan fingerprint density at radius 3 is 2.48 bits per heavy atom. The zero-order valence-electron chi connectivity index (χ0n) is 16.9. The average molecular weight is 488 g/mol. The molecule has 3 fully saturated rings. The van der Waals surface area contributed by atoms with Crippen molar-refractivity contribution >= 4 is 33.8 Å². The van der Waals surface area contributed by atoms with Gasteiger partial charge in [-0.25, -0.2) is 9.69 Å². The molecule has 2 aromatic rings. The number of urea groups is 1. The number of aromatic nitrogens is 2. The van der Waals surface area contributed by atoms with E-state index in [1.54, 1.807) is 0 Å². The second kappa shape index (κ2) is 8.16. The molecule has 0 unspecified atom stereocenters. The van der Waals surface area contributed by atoms with E-state index in [1.807, 2.05) is 29.2 Å². The van der Waals surface area contributed by atoms with E-state index in [1.165, 1.54) is 0 Å². The Labute approximate surface area is 187 Å². The second-order valence-corrected chi connectivity index (χ2v) is 9.08. The van der Waals surface area contributed by atoms with Crippen LogP contribution in [0.1, 0.15) is 44.4 Å². The van der Waals surface area contributed by atoms with Gasteiger partial charge in [0, 0.05) is 16.6 Å². The topological polar surface area (TPSA) is 99.9 Å². The van der Waals surface area contributed by atoms with Crippen LogP contribution < -0.4 is 0 Å². The lowest BCUT2D eigenvalue weighted by Crippen LogP contribution is -2.44. The molecule has 9 nitrogen and oxygen atoms in total. The van der Waals surface area contributed by atoms with Crippen molar-refractivity contribution in [3.63, 3.8) is 0 Å². The molecule has 0 bridgehead atoms. The molecular formula is C21H22BrN5O4. The highest BCUT2D eigenvalue weighted by atomic mass is 79.9. The van der Waals surface area contributed by atoms with Gasteiger partial charge in [-0.05, 0) is 53.7 Å². The molecule has 1 aliphatic heterocycles. The molecule has 1 aromatic carbocycles. The SMILES string of the molecule is O=C1C(=O)N(C2CCCC2)C(=O)N1CN(Cc1nnc(-c2ccccc2Br)o1)C1CC1. The summed E-state index contributed by atoms with van der Waals surface area (Å²) in [6.07, 6.45) is 5.40. The molecule has 1 aromatic heterocycles. The van der Waals surface area contributed by atoms with Gasteiger partial charge in [0.05, 0.1) is 18.8 Å². The van der Waals surface area contributed by atoms with Crippen LogP contribution in [0.25, 0.3) is 11.5 Å². The molecule has 0 N–H and O–H groups in total. The molecule has 5 rings (SSSR count). The van der Waals surface area contributed by atoms with Crippen molar-refractivity contribution in [1.29, 1.82) is 0 Å². The van der Waals surface area contributed by atoms with Crippen LogP contribution in [0, 0.1) is 0 Å². The van der Waals surface area contributed by atoms with Gasteiger partial charge < -0.3 is 4.42 Å². The number of nitrogens with zero attached hydrogens (tertiary/aromatic N) is 5. The van der Waals surface area contributed by atoms with Gasteiger partial charge in [0.2, 0.25) is 11.8 Å². The van der Waals surface area contributed by atoms with Crippen molar-refractivity contribution in [3.8, 4) is 11.5 Å². The Morgan fingerprint density at radius 1 is 1.03 bits per heavy atom. The van der Waals surface area contributed by atoms with Gasteiger partial charge in [0.15, 0.2) is 0 Å². The summed E-state index contributed by atoms with van der Waals surface area (Å²) in [6.45, 7) is 0.348. The van der Waals surface area contributed by atoms with Gasteiger partial charge in [-0.1, -0.05) is 25.0 Å². The summed E-state index contributed by atoms with van der Waals surface area (Å²) in [7, 11) is 0. The number of hydrogen-bond acceptors (Lipinski definition) is 7. The predicted octanol–water partition coefficient (Wildman–Crippen LogP) is 3.15. The quantitative estimate of drug-likeness (QED) is 0.436. The minimum atomic E-state index is -0.748. The Bertz CT molecular complexity index is 1030. The van der Waals surface area contributed by atoms with Crippen LogP contribution in [-0.2, 0) is 16.1 Å². The monoisotopic (exact) mass is 487 g/mol. The molecule has 4 amide bonds. The minimum Gasteiger partial charge on any atom is -0.419 e. The summed E-state index contributed by atoms with van der Waals surface area (Å²) in [5, 5.41) is 8.28. The lowest BCUT2D eigenvalue weighted by molar-refractivity contribution is -0.144. The largest absolute Gasteiger partial charge is 0.419 e. The van der Waals surface area contributed by atoms with Crippen molar-refractivity contribution in [2.24, 2.45) is 0 Å². The van der Waals surface area contributed by atoms with Gasteiger partial charge in [-0.2, -0.15) is 0 Å². The minimum absolute atomic E-state index is 0.0457. The number of imide groups is 2. The fraction of sp³-hybridized carbons (Fsp3) is 0.476. The number of carbonyl (C=O) groups is 3. The molecule has 2 aliphatic carbocycles. The maximum atomic E-state index is 12.9. The maximum Gasteiger partial charge on any atom is 0.335 e. The third-order valence-corrected chi connectivity index (χ3v) is 6.76. The molecule has 0 atom stereocenters. The molecule has 1 saturated heterocycles. The molecule has 31 heavy (non-hydrogen) atoms. The standard InChI is InChI=1S/C21H22BrN5O4/c22-16-8-4-3-7-15(16)18-24-23-17(31-18)11-25(13-9-10-13)12-26-19(28)20(29)27(21(26)30)14-5-1-2-6-14/h3-4,7-8,13-14H,1-2,5-6,9-12H2. The third kappa shape index (κ3) is 3.89. The molecule has 0 spiro atoms. The number of benzene rings is 1. The van der Waals surface area contributed by atoms with Crippen molar-refractivity contribution in [2.45, 2.75) is 57.2 Å². The van der Waals surface area contributed by atoms with Gasteiger partial charge in [0.1, 0.15) is 0 Å². The van der Waals surface area contributed by atoms with Gasteiger partial charge >= 0.3 is 17.8 Å². The highest BCUT2D eigenvalue weighted by Gasteiger charge is 2.49. The van der Waals surface area contributed by atoms with Crippen molar-refractivity contribution in [2.75, 3.05) is 6.67 Å². The molecular weight excluding hydrogens is 466 g/mol. The smallest absolute Gasteiger partial charge is 0.335 e. The first-order valence-electron chi connectivity index (χ1n) is 10.5. The second-order valence-electron chi connectivity index (χ2n) is 8.23. The fourth-order valence-electron chi connectivity index (χ4n) is 4.28. The number of carbonyl (C=O) groups excluding carboxylic acids is 3. The van der Waals surface area contributed by atoms with Crippen LogP contribution in [-0.4, -0.2) is 61.5 Å². The van der Waals surface area contributed by atoms with E-state index in [-0.39, 0.29) is 18.8 Å². The van der Waals surface area contributed by atoms with Gasteiger partial charge in [-0.3, -0.25) is 19.4 Å². The van der Waals surface area contributed by atoms with Crippen molar-refractivity contribution in [1.82, 2.24) is 24.9 Å². The zero-order chi connectivity index (χ0) is 21.5. The van der Waals surface area contributed by atoms with E-state index >= 15 is 0 Å². The number of rotatable bonds is 7. The summed E-state index contributed by atoms with van der Waals surface area (Å²) >= 11 is 3.48. The molecule has 2 saturated carbocycles. The van der Waals surface area contributed by atoms with E-state index in [0.717, 1.165) is 58.4 Å². The van der Waals surface area contributed by atoms with Crippen LogP contribution in [0.4, 0.5) is 4.79 Å². The molecule has 162 valence electrons. The lowest BCUT2D eigenvalue weighted by atomic mass is 10.2. The number of hydrogen-bond donors (Lipinski definition) is 0. The van der Waals surface area contributed by atoms with Crippen LogP contribution in [0.3, 0.4) is 0 Å². The fourth-order valence-corrected chi connectivity index (χ4v) is 4.74. The van der Waals surface area contributed by atoms with E-state index in [2.05, 4.69) is 26.1 Å². The number of amides is 4. The van der Waals surface area contributed by atoms with Crippen LogP contribution in [0.2, 0.25) is 0 Å². The first-order valence-corrected chi connectivity index (χ1v) is 11.3. The van der Waals surface area contributed by atoms with Crippen LogP contribution in [0.5, 0.6) is 0 Å². The normalized spacial score (nSPS) is 20.0. The molecule has 10 heteroatoms. The molecule has 2 heterocycles. The molecule has 0 radical (unpaired) electrons. The van der Waals surface area contributed by atoms with Gasteiger partial charge in [-0.15, -0.1) is 10.2 Å². The Morgan fingerprint density at radius 2 is 1.77 bits per heavy atom. The average Bonchev–Trinajstić information content (AvgIpc) is 3.19. The maximum absolute atomic E-state index is 12.9. The van der Waals surface area contributed by atoms with Gasteiger partial charge in [0.25, 0.3) is 0 Å². The zero-order valence-corrected chi connectivity index (χ0v) is 18.5. The predicted molar refractivity (Wildman–Crippen MR) is 112 cm³/mol. The van der Waals surface area contributed by atoms with E-state index in [9.17, 15) is 14.4 Å². The summed E-state index contributed by atoms with van der Waals surface area (Å²) < 4.78 is 6.69. The van der Waals surface area contributed by atoms with Crippen molar-refractivity contribution < 1.29 is 18.8 Å². The first kappa shape index (κ1) is 20.3. The highest BCUT2D eigenvalue weighted by Crippen LogP contribution is 2.32. The summed E-state index contributed by atoms with van der Waals surface area (Å²) in [6, 6.07) is 7.12. The van der Waals surface area contributed by atoms with Crippen LogP contribution in [0.15, 0.2) is 33.2 Å².